The van der Waals surface area contributed by atoms with Crippen LogP contribution in [0.1, 0.15) is 54.0 Å². The van der Waals surface area contributed by atoms with Crippen LogP contribution in [0.3, 0.4) is 0 Å². The summed E-state index contributed by atoms with van der Waals surface area (Å²) in [6, 6.07) is 12.0. The van der Waals surface area contributed by atoms with Crippen LogP contribution in [0, 0.1) is 10.1 Å². The Morgan fingerprint density at radius 3 is 1.75 bits per heavy atom. The largest absolute Gasteiger partial charge is 0.462 e. The molecule has 0 fully saturated rings. The Labute approximate surface area is 353 Å². The maximum Gasteiger partial charge on any atom is 0.432 e. The molecule has 0 N–H and O–H groups in total. The maximum absolute atomic E-state index is 15.2. The average Bonchev–Trinajstić information content (AvgIpc) is 3.60. The van der Waals surface area contributed by atoms with Crippen LogP contribution < -0.4 is 4.90 Å². The van der Waals surface area contributed by atoms with Gasteiger partial charge >= 0.3 is 42.0 Å². The number of carbonyl (C=O) groups is 8. The molecule has 22 nitrogen and oxygen atoms in total. The van der Waals surface area contributed by atoms with Crippen LogP contribution >= 0.6 is 11.8 Å². The summed E-state index contributed by atoms with van der Waals surface area (Å²) in [5.74, 6) is -5.75. The highest BCUT2D eigenvalue weighted by Gasteiger charge is 2.59. The topological polar surface area (TPSA) is 266 Å². The van der Waals surface area contributed by atoms with Crippen LogP contribution in [0.4, 0.5) is 21.0 Å². The molecule has 0 aromatic heterocycles. The lowest BCUT2D eigenvalue weighted by molar-refractivity contribution is -0.384. The van der Waals surface area contributed by atoms with E-state index in [4.69, 9.17) is 33.2 Å². The van der Waals surface area contributed by atoms with E-state index in [9.17, 15) is 43.7 Å². The van der Waals surface area contributed by atoms with Crippen LogP contribution in [0.15, 0.2) is 59.7 Å². The van der Waals surface area contributed by atoms with E-state index < -0.39 is 95.3 Å². The first-order valence-electron chi connectivity index (χ1n) is 18.4. The Hall–Kier alpha value is -6.78. The van der Waals surface area contributed by atoms with Gasteiger partial charge in [-0.3, -0.25) is 38.9 Å². The van der Waals surface area contributed by atoms with Crippen molar-refractivity contribution in [1.82, 2.24) is 9.91 Å². The number of benzene rings is 2. The Balaban J connectivity index is 2.27. The standard InChI is InChI=1S/C38H45N5O17S/c1-9-54-36(50)41(28-16-18-29(19-17-28)43(52)53)34(49)38(27-14-12-11-13-15-27)42(37(51)55-10-2)39-35(61-38)40(8)20-30(57-23(4)45)32(59-25(6)47)33(60-26(7)48)31(58-24(5)46)21-56-22(3)44/h11-19,30-33H,9-10,20-21H2,1-8H3/t30-,31+,32+,33+,38+/m0/s1. The summed E-state index contributed by atoms with van der Waals surface area (Å²) in [5, 5.41) is 16.4. The molecule has 2 aromatic carbocycles. The molecular weight excluding hydrogens is 831 g/mol. The summed E-state index contributed by atoms with van der Waals surface area (Å²) >= 11 is 0.621. The fourth-order valence-corrected chi connectivity index (χ4v) is 7.05. The smallest absolute Gasteiger partial charge is 0.432 e. The van der Waals surface area contributed by atoms with Crippen LogP contribution in [-0.4, -0.2) is 126 Å². The van der Waals surface area contributed by atoms with Gasteiger partial charge in [0.25, 0.3) is 11.6 Å². The quantitative estimate of drug-likeness (QED) is 0.0950. The third-order valence-electron chi connectivity index (χ3n) is 8.12. The van der Waals surface area contributed by atoms with Crippen molar-refractivity contribution in [2.75, 3.05) is 38.3 Å². The number of nitrogens with zero attached hydrogens (tertiary/aromatic N) is 5. The molecule has 0 saturated carbocycles. The summed E-state index contributed by atoms with van der Waals surface area (Å²) in [4.78, 5) is 115. The first-order valence-corrected chi connectivity index (χ1v) is 19.2. The number of esters is 5. The van der Waals surface area contributed by atoms with Gasteiger partial charge in [-0.2, -0.15) is 5.01 Å². The summed E-state index contributed by atoms with van der Waals surface area (Å²) in [7, 11) is 1.38. The lowest BCUT2D eigenvalue weighted by Crippen LogP contribution is -2.56. The van der Waals surface area contributed by atoms with Gasteiger partial charge < -0.3 is 38.1 Å². The van der Waals surface area contributed by atoms with E-state index in [2.05, 4.69) is 5.10 Å². The maximum atomic E-state index is 15.2. The van der Waals surface area contributed by atoms with Crippen molar-refractivity contribution in [2.24, 2.45) is 5.10 Å². The van der Waals surface area contributed by atoms with Gasteiger partial charge in [-0.25, -0.2) is 14.5 Å². The molecule has 0 saturated heterocycles. The molecule has 0 bridgehead atoms. The minimum absolute atomic E-state index is 0.0837. The molecular formula is C38H45N5O17S. The molecule has 3 amide bonds. The highest BCUT2D eigenvalue weighted by Crippen LogP contribution is 2.49. The van der Waals surface area contributed by atoms with E-state index in [0.717, 1.165) is 58.9 Å². The lowest BCUT2D eigenvalue weighted by Gasteiger charge is -2.37. The number of hydrogen-bond donors (Lipinski definition) is 0. The van der Waals surface area contributed by atoms with E-state index >= 15 is 4.79 Å². The number of anilines is 1. The average molecular weight is 876 g/mol. The number of likely N-dealkylation sites (N-methyl/N-ethyl adjacent to an activating group) is 1. The van der Waals surface area contributed by atoms with Crippen LogP contribution in [0.2, 0.25) is 0 Å². The number of amides is 3. The normalized spacial score (nSPS) is 16.3. The Morgan fingerprint density at radius 1 is 0.738 bits per heavy atom. The van der Waals surface area contributed by atoms with Crippen molar-refractivity contribution in [2.45, 2.75) is 77.8 Å². The van der Waals surface area contributed by atoms with Crippen molar-refractivity contribution < 1.29 is 76.4 Å². The number of nitro groups is 1. The van der Waals surface area contributed by atoms with Gasteiger partial charge in [0.05, 0.1) is 30.4 Å². The third kappa shape index (κ3) is 12.6. The summed E-state index contributed by atoms with van der Waals surface area (Å²) in [6.07, 6.45) is -9.20. The first-order chi connectivity index (χ1) is 28.8. The van der Waals surface area contributed by atoms with Crippen molar-refractivity contribution in [3.63, 3.8) is 0 Å². The van der Waals surface area contributed by atoms with Gasteiger partial charge in [-0.05, 0) is 37.7 Å². The predicted octanol–water partition coefficient (Wildman–Crippen LogP) is 3.64. The minimum Gasteiger partial charge on any atom is -0.462 e. The third-order valence-corrected chi connectivity index (χ3v) is 9.57. The van der Waals surface area contributed by atoms with E-state index in [0.29, 0.717) is 21.7 Å². The number of rotatable bonds is 17. The van der Waals surface area contributed by atoms with Crippen LogP contribution in [0.25, 0.3) is 0 Å². The van der Waals surface area contributed by atoms with Gasteiger partial charge in [0.2, 0.25) is 4.87 Å². The highest BCUT2D eigenvalue weighted by molar-refractivity contribution is 8.15. The van der Waals surface area contributed by atoms with Gasteiger partial charge in [0, 0.05) is 59.4 Å². The summed E-state index contributed by atoms with van der Waals surface area (Å²) in [5.41, 5.74) is -0.452. The number of ether oxygens (including phenoxy) is 7. The second-order valence-corrected chi connectivity index (χ2v) is 13.9. The summed E-state index contributed by atoms with van der Waals surface area (Å²) < 4.78 is 37.6. The molecule has 2 aromatic rings. The number of amidine groups is 1. The summed E-state index contributed by atoms with van der Waals surface area (Å²) in [6.45, 7) is 6.43. The lowest BCUT2D eigenvalue weighted by atomic mass is 10.0. The zero-order valence-electron chi connectivity index (χ0n) is 34.4. The zero-order chi connectivity index (χ0) is 45.6. The highest BCUT2D eigenvalue weighted by atomic mass is 32.2. The number of thioether (sulfide) groups is 1. The van der Waals surface area contributed by atoms with E-state index in [-0.39, 0.29) is 35.3 Å². The number of imide groups is 1. The van der Waals surface area contributed by atoms with Gasteiger partial charge in [-0.1, -0.05) is 30.3 Å². The van der Waals surface area contributed by atoms with Crippen LogP contribution in [0.5, 0.6) is 0 Å². The molecule has 0 radical (unpaired) electrons. The Kier molecular flexibility index (Phi) is 17.5. The SMILES string of the molecule is CCOC(=O)N(C(=O)[C@@]1(c2ccccc2)SC(N(C)C[C@H](OC(C)=O)[C@@H](OC(C)=O)[C@H](OC(C)=O)[C@@H](COC(C)=O)OC(C)=O)=NN1C(=O)OCC)c1ccc([N+](=O)[O-])cc1. The molecule has 0 spiro atoms. The molecule has 23 heteroatoms. The van der Waals surface area contributed by atoms with Gasteiger partial charge in [0.1, 0.15) is 6.61 Å². The molecule has 0 unspecified atom stereocenters. The van der Waals surface area contributed by atoms with Gasteiger partial charge in [-0.15, -0.1) is 5.10 Å². The fraction of sp³-hybridized carbons (Fsp3) is 0.447. The molecule has 5 atom stereocenters. The second-order valence-electron chi connectivity index (χ2n) is 12.7. The molecule has 61 heavy (non-hydrogen) atoms. The molecule has 1 heterocycles. The fourth-order valence-electron chi connectivity index (χ4n) is 5.80. The van der Waals surface area contributed by atoms with Crippen molar-refractivity contribution in [3.8, 4) is 0 Å². The number of nitro benzene ring substituents is 1. The van der Waals surface area contributed by atoms with Crippen molar-refractivity contribution in [1.29, 1.82) is 0 Å². The number of hydrazone groups is 1. The number of hydrogen-bond acceptors (Lipinski definition) is 20. The van der Waals surface area contributed by atoms with Crippen LogP contribution in [-0.2, 0) is 66.8 Å². The van der Waals surface area contributed by atoms with Gasteiger partial charge in [0.15, 0.2) is 29.6 Å². The molecule has 1 aliphatic rings. The molecule has 330 valence electrons. The number of non-ortho nitro benzene ring substituents is 1. The molecule has 0 aliphatic carbocycles. The van der Waals surface area contributed by atoms with E-state index in [1.165, 1.54) is 37.9 Å². The Morgan fingerprint density at radius 2 is 1.26 bits per heavy atom. The zero-order valence-corrected chi connectivity index (χ0v) is 35.2. The number of carbonyl (C=O) groups excluding carboxylic acids is 8. The van der Waals surface area contributed by atoms with Crippen molar-refractivity contribution in [3.05, 3.63) is 70.3 Å². The second kappa shape index (κ2) is 22.0. The minimum atomic E-state index is -2.33. The first kappa shape index (κ1) is 48.6. The molecule has 1 aliphatic heterocycles. The predicted molar refractivity (Wildman–Crippen MR) is 211 cm³/mol. The van der Waals surface area contributed by atoms with E-state index in [1.54, 1.807) is 18.2 Å². The van der Waals surface area contributed by atoms with E-state index in [1.807, 2.05) is 0 Å². The monoisotopic (exact) mass is 875 g/mol. The van der Waals surface area contributed by atoms with Crippen molar-refractivity contribution >= 4 is 76.2 Å². The Bertz CT molecular complexity index is 2000. The molecule has 3 rings (SSSR count).